The third-order valence-electron chi connectivity index (χ3n) is 4.10. The first-order chi connectivity index (χ1) is 12.0. The van der Waals surface area contributed by atoms with Crippen molar-refractivity contribution in [2.45, 2.75) is 39.1 Å². The van der Waals surface area contributed by atoms with Gasteiger partial charge in [-0.25, -0.2) is 4.98 Å². The molecule has 3 N–H and O–H groups in total. The van der Waals surface area contributed by atoms with Crippen LogP contribution < -0.4 is 11.1 Å². The number of hydrogen-bond acceptors (Lipinski definition) is 6. The number of anilines is 1. The van der Waals surface area contributed by atoms with Crippen molar-refractivity contribution in [2.24, 2.45) is 5.73 Å². The summed E-state index contributed by atoms with van der Waals surface area (Å²) in [6.45, 7) is 7.22. The van der Waals surface area contributed by atoms with Crippen molar-refractivity contribution in [2.75, 3.05) is 18.4 Å². The zero-order valence-electron chi connectivity index (χ0n) is 15.0. The van der Waals surface area contributed by atoms with E-state index in [1.165, 1.54) is 11.3 Å². The monoisotopic (exact) mass is 396 g/mol. The van der Waals surface area contributed by atoms with Crippen molar-refractivity contribution in [3.05, 3.63) is 46.5 Å². The fraction of sp³-hybridized carbons (Fsp3) is 0.444. The number of morpholine rings is 1. The van der Waals surface area contributed by atoms with Gasteiger partial charge >= 0.3 is 0 Å². The van der Waals surface area contributed by atoms with Gasteiger partial charge in [-0.3, -0.25) is 15.0 Å². The highest BCUT2D eigenvalue weighted by atomic mass is 35.5. The minimum absolute atomic E-state index is 0. The van der Waals surface area contributed by atoms with Crippen LogP contribution >= 0.6 is 23.7 Å². The lowest BCUT2D eigenvalue weighted by atomic mass is 10.1. The molecule has 1 saturated heterocycles. The van der Waals surface area contributed by atoms with E-state index in [-0.39, 0.29) is 30.5 Å². The fourth-order valence-corrected chi connectivity index (χ4v) is 3.74. The zero-order valence-corrected chi connectivity index (χ0v) is 16.6. The van der Waals surface area contributed by atoms with Crippen LogP contribution in [0.5, 0.6) is 0 Å². The average Bonchev–Trinajstić information content (AvgIpc) is 3.00. The van der Waals surface area contributed by atoms with Crippen molar-refractivity contribution in [1.82, 2.24) is 9.88 Å². The second kappa shape index (κ2) is 9.43. The van der Waals surface area contributed by atoms with Gasteiger partial charge in [0.2, 0.25) is 0 Å². The summed E-state index contributed by atoms with van der Waals surface area (Å²) in [6, 6.07) is 7.29. The second-order valence-electron chi connectivity index (χ2n) is 6.45. The molecule has 0 aliphatic carbocycles. The maximum absolute atomic E-state index is 12.3. The minimum Gasteiger partial charge on any atom is -0.373 e. The maximum atomic E-state index is 12.3. The molecule has 3 rings (SSSR count). The number of halogens is 1. The Morgan fingerprint density at radius 2 is 1.96 bits per heavy atom. The molecule has 6 nitrogen and oxygen atoms in total. The van der Waals surface area contributed by atoms with Crippen molar-refractivity contribution in [1.29, 1.82) is 0 Å². The Balaban J connectivity index is 0.00000243. The van der Waals surface area contributed by atoms with Crippen LogP contribution in [0.4, 0.5) is 5.13 Å². The van der Waals surface area contributed by atoms with Gasteiger partial charge in [0, 0.05) is 37.1 Å². The molecule has 0 spiro atoms. The molecule has 0 radical (unpaired) electrons. The van der Waals surface area contributed by atoms with Gasteiger partial charge in [-0.1, -0.05) is 12.1 Å². The lowest BCUT2D eigenvalue weighted by Crippen LogP contribution is -2.44. The smallest absolute Gasteiger partial charge is 0.257 e. The lowest BCUT2D eigenvalue weighted by Gasteiger charge is -2.34. The van der Waals surface area contributed by atoms with Crippen molar-refractivity contribution in [3.8, 4) is 0 Å². The van der Waals surface area contributed by atoms with Crippen molar-refractivity contribution >= 4 is 34.8 Å². The summed E-state index contributed by atoms with van der Waals surface area (Å²) < 4.78 is 5.75. The molecule has 1 aliphatic rings. The Morgan fingerprint density at radius 3 is 2.58 bits per heavy atom. The van der Waals surface area contributed by atoms with E-state index in [9.17, 15) is 4.79 Å². The molecular formula is C18H25ClN4O2S. The topological polar surface area (TPSA) is 80.5 Å². The number of ether oxygens (including phenoxy) is 1. The third-order valence-corrected chi connectivity index (χ3v) is 4.91. The second-order valence-corrected chi connectivity index (χ2v) is 7.31. The summed E-state index contributed by atoms with van der Waals surface area (Å²) in [5.74, 6) is -0.155. The molecule has 8 heteroatoms. The van der Waals surface area contributed by atoms with Gasteiger partial charge in [0.05, 0.1) is 17.9 Å². The van der Waals surface area contributed by atoms with Crippen LogP contribution in [0.25, 0.3) is 0 Å². The van der Waals surface area contributed by atoms with Crippen LogP contribution in [0.15, 0.2) is 29.6 Å². The molecule has 1 amide bonds. The number of thiazole rings is 1. The van der Waals surface area contributed by atoms with Crippen LogP contribution in [0.3, 0.4) is 0 Å². The van der Waals surface area contributed by atoms with Crippen LogP contribution in [0.2, 0.25) is 0 Å². The number of benzene rings is 1. The number of nitrogens with zero attached hydrogens (tertiary/aromatic N) is 2. The molecule has 2 unspecified atom stereocenters. The fourth-order valence-electron chi connectivity index (χ4n) is 3.04. The van der Waals surface area contributed by atoms with E-state index in [4.69, 9.17) is 10.5 Å². The van der Waals surface area contributed by atoms with E-state index in [2.05, 4.69) is 29.0 Å². The first kappa shape index (κ1) is 20.8. The van der Waals surface area contributed by atoms with Gasteiger partial charge in [-0.05, 0) is 31.5 Å². The number of carbonyl (C=O) groups excluding carboxylic acids is 1. The van der Waals surface area contributed by atoms with E-state index in [1.54, 1.807) is 12.1 Å². The standard InChI is InChI=1S/C18H24N4O2S.ClH/c1-12-8-22(9-13(2)24-12)10-16-11-25-18(20-16)21-17(23)15-5-3-14(7-19)4-6-15;/h3-6,11-13H,7-10,19H2,1-2H3,(H,20,21,23);1H. The van der Waals surface area contributed by atoms with Crippen molar-refractivity contribution < 1.29 is 9.53 Å². The van der Waals surface area contributed by atoms with Crippen LogP contribution in [0.1, 0.15) is 35.5 Å². The van der Waals surface area contributed by atoms with Gasteiger partial charge < -0.3 is 10.5 Å². The van der Waals surface area contributed by atoms with E-state index in [0.29, 0.717) is 17.2 Å². The summed E-state index contributed by atoms with van der Waals surface area (Å²) in [5, 5.41) is 5.49. The SMILES string of the molecule is CC1CN(Cc2csc(NC(=O)c3ccc(CN)cc3)n2)CC(C)O1.Cl. The molecular weight excluding hydrogens is 372 g/mol. The van der Waals surface area contributed by atoms with Crippen LogP contribution in [-0.4, -0.2) is 41.1 Å². The number of amides is 1. The van der Waals surface area contributed by atoms with Gasteiger partial charge in [-0.15, -0.1) is 23.7 Å². The maximum Gasteiger partial charge on any atom is 0.257 e. The molecule has 26 heavy (non-hydrogen) atoms. The van der Waals surface area contributed by atoms with E-state index in [1.807, 2.05) is 17.5 Å². The van der Waals surface area contributed by atoms with E-state index in [0.717, 1.165) is 30.9 Å². The van der Waals surface area contributed by atoms with Gasteiger partial charge in [0.25, 0.3) is 5.91 Å². The number of carbonyl (C=O) groups is 1. The Hall–Kier alpha value is -1.51. The molecule has 0 saturated carbocycles. The molecule has 0 bridgehead atoms. The lowest BCUT2D eigenvalue weighted by molar-refractivity contribution is -0.0707. The first-order valence-corrected chi connectivity index (χ1v) is 9.34. The molecule has 2 aromatic rings. The highest BCUT2D eigenvalue weighted by molar-refractivity contribution is 7.13. The predicted octanol–water partition coefficient (Wildman–Crippen LogP) is 2.89. The molecule has 1 aromatic heterocycles. The number of rotatable bonds is 5. The van der Waals surface area contributed by atoms with Crippen LogP contribution in [0, 0.1) is 0 Å². The Kier molecular flexibility index (Phi) is 7.55. The normalized spacial score (nSPS) is 20.4. The van der Waals surface area contributed by atoms with Crippen molar-refractivity contribution in [3.63, 3.8) is 0 Å². The molecule has 2 atom stereocenters. The number of nitrogens with two attached hydrogens (primary N) is 1. The van der Waals surface area contributed by atoms with E-state index < -0.39 is 0 Å². The quantitative estimate of drug-likeness (QED) is 0.812. The van der Waals surface area contributed by atoms with Gasteiger partial charge in [0.15, 0.2) is 5.13 Å². The molecule has 1 aromatic carbocycles. The molecule has 1 fully saturated rings. The number of aromatic nitrogens is 1. The Morgan fingerprint density at radius 1 is 1.31 bits per heavy atom. The highest BCUT2D eigenvalue weighted by Gasteiger charge is 2.22. The molecule has 2 heterocycles. The summed E-state index contributed by atoms with van der Waals surface area (Å²) in [7, 11) is 0. The van der Waals surface area contributed by atoms with Gasteiger partial charge in [-0.2, -0.15) is 0 Å². The van der Waals surface area contributed by atoms with E-state index >= 15 is 0 Å². The molecule has 142 valence electrons. The summed E-state index contributed by atoms with van der Waals surface area (Å²) in [6.07, 6.45) is 0.469. The third kappa shape index (κ3) is 5.49. The minimum atomic E-state index is -0.155. The number of nitrogens with one attached hydrogen (secondary N) is 1. The zero-order chi connectivity index (χ0) is 17.8. The Bertz CT molecular complexity index is 712. The summed E-state index contributed by atoms with van der Waals surface area (Å²) in [5.41, 5.74) is 8.15. The van der Waals surface area contributed by atoms with Crippen LogP contribution in [-0.2, 0) is 17.8 Å². The predicted molar refractivity (Wildman–Crippen MR) is 107 cm³/mol. The molecule has 1 aliphatic heterocycles. The number of hydrogen-bond donors (Lipinski definition) is 2. The largest absolute Gasteiger partial charge is 0.373 e. The first-order valence-electron chi connectivity index (χ1n) is 8.46. The summed E-state index contributed by atoms with van der Waals surface area (Å²) >= 11 is 1.45. The highest BCUT2D eigenvalue weighted by Crippen LogP contribution is 2.20. The van der Waals surface area contributed by atoms with Gasteiger partial charge in [0.1, 0.15) is 0 Å². The Labute approximate surface area is 164 Å². The average molecular weight is 397 g/mol. The summed E-state index contributed by atoms with van der Waals surface area (Å²) in [4.78, 5) is 19.2.